The van der Waals surface area contributed by atoms with Crippen LogP contribution in [-0.4, -0.2) is 59.4 Å². The number of piperazine rings is 1. The lowest BCUT2D eigenvalue weighted by Crippen LogP contribution is -2.74. The van der Waals surface area contributed by atoms with E-state index < -0.39 is 5.54 Å². The largest absolute Gasteiger partial charge is 0.342 e. The van der Waals surface area contributed by atoms with Gasteiger partial charge in [-0.05, 0) is 99.0 Å². The summed E-state index contributed by atoms with van der Waals surface area (Å²) >= 11 is 0. The molecule has 1 N–H and O–H groups in total. The van der Waals surface area contributed by atoms with Crippen molar-refractivity contribution in [2.75, 3.05) is 26.2 Å². The molecule has 1 aromatic carbocycles. The third-order valence-electron chi connectivity index (χ3n) is 10.7. The lowest BCUT2D eigenvalue weighted by molar-refractivity contribution is -0.168. The number of nitrogens with zero attached hydrogens (tertiary/aromatic N) is 2. The molecule has 2 heterocycles. The van der Waals surface area contributed by atoms with Crippen molar-refractivity contribution in [2.24, 2.45) is 29.1 Å². The van der Waals surface area contributed by atoms with Crippen LogP contribution in [0.2, 0.25) is 0 Å². The highest BCUT2D eigenvalue weighted by atomic mass is 16.2. The molecule has 37 heavy (non-hydrogen) atoms. The molecule has 5 aliphatic rings. The van der Waals surface area contributed by atoms with E-state index in [1.807, 2.05) is 0 Å². The number of nitrogens with one attached hydrogen (secondary N) is 1. The first-order valence-electron chi connectivity index (χ1n) is 15.1. The third kappa shape index (κ3) is 5.22. The summed E-state index contributed by atoms with van der Waals surface area (Å²) in [5, 5.41) is 3.20. The average molecular weight is 508 g/mol. The van der Waals surface area contributed by atoms with Crippen LogP contribution in [0.25, 0.3) is 0 Å². The van der Waals surface area contributed by atoms with Crippen LogP contribution in [0.15, 0.2) is 30.3 Å². The Morgan fingerprint density at radius 2 is 1.76 bits per heavy atom. The van der Waals surface area contributed by atoms with E-state index in [1.54, 1.807) is 0 Å². The van der Waals surface area contributed by atoms with E-state index in [4.69, 9.17) is 0 Å². The van der Waals surface area contributed by atoms with Crippen LogP contribution >= 0.6 is 0 Å². The van der Waals surface area contributed by atoms with Gasteiger partial charge in [-0.25, -0.2) is 0 Å². The third-order valence-corrected chi connectivity index (χ3v) is 10.7. The zero-order valence-corrected chi connectivity index (χ0v) is 23.7. The fraction of sp³-hybridized carbons (Fsp3) is 0.750. The molecule has 2 amide bonds. The molecule has 0 radical (unpaired) electrons. The molecule has 3 saturated carbocycles. The van der Waals surface area contributed by atoms with Crippen LogP contribution in [0.3, 0.4) is 0 Å². The smallest absolute Gasteiger partial charge is 0.246 e. The van der Waals surface area contributed by atoms with Crippen LogP contribution in [-0.2, 0) is 16.0 Å². The predicted molar refractivity (Wildman–Crippen MR) is 149 cm³/mol. The molecule has 0 aromatic heterocycles. The van der Waals surface area contributed by atoms with E-state index in [0.717, 1.165) is 57.8 Å². The maximum atomic E-state index is 14.0. The Bertz CT molecular complexity index is 948. The molecule has 2 bridgehead atoms. The first kappa shape index (κ1) is 26.7. The summed E-state index contributed by atoms with van der Waals surface area (Å²) in [7, 11) is 0. The second-order valence-electron chi connectivity index (χ2n) is 13.6. The minimum Gasteiger partial charge on any atom is -0.342 e. The van der Waals surface area contributed by atoms with Gasteiger partial charge < -0.3 is 15.1 Å². The van der Waals surface area contributed by atoms with Crippen LogP contribution in [0.4, 0.5) is 0 Å². The van der Waals surface area contributed by atoms with Gasteiger partial charge in [-0.15, -0.1) is 0 Å². The molecule has 5 heteroatoms. The van der Waals surface area contributed by atoms with Gasteiger partial charge in [-0.1, -0.05) is 58.0 Å². The summed E-state index contributed by atoms with van der Waals surface area (Å²) in [6, 6.07) is 10.4. The number of rotatable bonds is 9. The summed E-state index contributed by atoms with van der Waals surface area (Å²) in [4.78, 5) is 32.4. The molecular formula is C32H49N3O2. The number of hydrogen-bond donors (Lipinski definition) is 1. The number of carbonyl (C=O) groups is 2. The van der Waals surface area contributed by atoms with Crippen molar-refractivity contribution in [3.05, 3.63) is 35.9 Å². The topological polar surface area (TPSA) is 52.7 Å². The monoisotopic (exact) mass is 507 g/mol. The standard InChI is InChI=1S/C32H49N3O2/c1-23(2)20-28-29(36)35(22-25-13-14-26-21-27(25)31(26,3)4)32(30(37)33-28)15-18-34(19-16-32)17-9-8-12-24-10-6-5-7-11-24/h5-7,10-11,23,25-28H,8-9,12-22H2,1-4H3,(H,33,37)/t25-,26+,27?,28+/m1/s1. The van der Waals surface area contributed by atoms with E-state index in [9.17, 15) is 9.59 Å². The summed E-state index contributed by atoms with van der Waals surface area (Å²) in [5.41, 5.74) is 1.14. The van der Waals surface area contributed by atoms with Crippen LogP contribution in [0, 0.1) is 29.1 Å². The van der Waals surface area contributed by atoms with E-state index >= 15 is 0 Å². The van der Waals surface area contributed by atoms with Gasteiger partial charge in [-0.3, -0.25) is 9.59 Å². The van der Waals surface area contributed by atoms with Crippen LogP contribution in [0.5, 0.6) is 0 Å². The second-order valence-corrected chi connectivity index (χ2v) is 13.6. The average Bonchev–Trinajstić information content (AvgIpc) is 2.89. The van der Waals surface area contributed by atoms with Gasteiger partial charge in [0, 0.05) is 19.6 Å². The molecule has 1 unspecified atom stereocenters. The van der Waals surface area contributed by atoms with Crippen molar-refractivity contribution in [3.8, 4) is 0 Å². The summed E-state index contributed by atoms with van der Waals surface area (Å²) in [6.45, 7) is 12.8. The van der Waals surface area contributed by atoms with Gasteiger partial charge in [0.2, 0.25) is 11.8 Å². The molecule has 6 rings (SSSR count). The highest BCUT2D eigenvalue weighted by molar-refractivity contribution is 6.00. The molecule has 4 atom stereocenters. The normalized spacial score (nSPS) is 30.9. The number of aryl methyl sites for hydroxylation is 1. The molecule has 204 valence electrons. The molecule has 1 aromatic rings. The lowest BCUT2D eigenvalue weighted by atomic mass is 9.45. The molecule has 5 nitrogen and oxygen atoms in total. The van der Waals surface area contributed by atoms with Gasteiger partial charge in [0.15, 0.2) is 0 Å². The maximum Gasteiger partial charge on any atom is 0.246 e. The Hall–Kier alpha value is -1.88. The second kappa shape index (κ2) is 10.7. The Labute approximate surface area is 224 Å². The Kier molecular flexibility index (Phi) is 7.73. The number of benzene rings is 1. The first-order valence-corrected chi connectivity index (χ1v) is 15.1. The molecule has 3 aliphatic carbocycles. The van der Waals surface area contributed by atoms with E-state index in [1.165, 1.54) is 37.7 Å². The van der Waals surface area contributed by atoms with Crippen molar-refractivity contribution >= 4 is 11.8 Å². The van der Waals surface area contributed by atoms with Gasteiger partial charge in [0.05, 0.1) is 0 Å². The summed E-state index contributed by atoms with van der Waals surface area (Å²) in [6.07, 6.45) is 9.55. The number of amides is 2. The van der Waals surface area contributed by atoms with Crippen LogP contribution < -0.4 is 5.32 Å². The fourth-order valence-electron chi connectivity index (χ4n) is 8.14. The van der Waals surface area contributed by atoms with E-state index in [0.29, 0.717) is 23.2 Å². The van der Waals surface area contributed by atoms with E-state index in [-0.39, 0.29) is 17.9 Å². The van der Waals surface area contributed by atoms with Crippen molar-refractivity contribution < 1.29 is 9.59 Å². The predicted octanol–water partition coefficient (Wildman–Crippen LogP) is 5.29. The van der Waals surface area contributed by atoms with Crippen molar-refractivity contribution in [1.82, 2.24) is 15.1 Å². The van der Waals surface area contributed by atoms with Gasteiger partial charge in [0.1, 0.15) is 11.6 Å². The van der Waals surface area contributed by atoms with Gasteiger partial charge in [0.25, 0.3) is 0 Å². The number of carbonyl (C=O) groups excluding carboxylic acids is 2. The number of hydrogen-bond acceptors (Lipinski definition) is 3. The molecule has 1 spiro atoms. The summed E-state index contributed by atoms with van der Waals surface area (Å²) < 4.78 is 0. The highest BCUT2D eigenvalue weighted by Crippen LogP contribution is 2.61. The Morgan fingerprint density at radius 1 is 1.03 bits per heavy atom. The molecule has 2 aliphatic heterocycles. The zero-order valence-electron chi connectivity index (χ0n) is 23.7. The van der Waals surface area contributed by atoms with Gasteiger partial charge >= 0.3 is 0 Å². The lowest BCUT2D eigenvalue weighted by Gasteiger charge is -2.62. The number of piperidine rings is 1. The minimum atomic E-state index is -0.657. The highest BCUT2D eigenvalue weighted by Gasteiger charge is 2.58. The quantitative estimate of drug-likeness (QED) is 0.462. The van der Waals surface area contributed by atoms with Crippen molar-refractivity contribution in [1.29, 1.82) is 0 Å². The van der Waals surface area contributed by atoms with Crippen LogP contribution in [0.1, 0.15) is 84.6 Å². The molecule has 2 saturated heterocycles. The number of likely N-dealkylation sites (tertiary alicyclic amines) is 1. The molecular weight excluding hydrogens is 458 g/mol. The molecule has 5 fully saturated rings. The Morgan fingerprint density at radius 3 is 2.41 bits per heavy atom. The number of fused-ring (bicyclic) bond motifs is 2. The van der Waals surface area contributed by atoms with Crippen molar-refractivity contribution in [2.45, 2.75) is 97.1 Å². The first-order chi connectivity index (χ1) is 17.7. The maximum absolute atomic E-state index is 14.0. The van der Waals surface area contributed by atoms with Gasteiger partial charge in [-0.2, -0.15) is 0 Å². The SMILES string of the molecule is CC(C)C[C@@H]1NC(=O)C2(CCN(CCCCc3ccccc3)CC2)N(C[C@H]2CC[C@H]3CC2C3(C)C)C1=O. The number of unbranched alkanes of at least 4 members (excludes halogenated alkanes) is 1. The Balaban J connectivity index is 1.24. The van der Waals surface area contributed by atoms with E-state index in [2.05, 4.69) is 73.1 Å². The minimum absolute atomic E-state index is 0.114. The zero-order chi connectivity index (χ0) is 26.2. The van der Waals surface area contributed by atoms with Crippen molar-refractivity contribution in [3.63, 3.8) is 0 Å². The fourth-order valence-corrected chi connectivity index (χ4v) is 8.14. The summed E-state index contributed by atoms with van der Waals surface area (Å²) in [5.74, 6) is 2.74.